The van der Waals surface area contributed by atoms with Gasteiger partial charge in [-0.3, -0.25) is 0 Å². The van der Waals surface area contributed by atoms with Crippen LogP contribution in [0, 0.1) is 0 Å². The summed E-state index contributed by atoms with van der Waals surface area (Å²) < 4.78 is 0. The fourth-order valence-electron chi connectivity index (χ4n) is 2.08. The number of aliphatic hydroxyl groups is 1. The van der Waals surface area contributed by atoms with Crippen molar-refractivity contribution in [2.24, 2.45) is 0 Å². The van der Waals surface area contributed by atoms with Crippen LogP contribution in [0.5, 0.6) is 0 Å². The minimum Gasteiger partial charge on any atom is -0.394 e. The van der Waals surface area contributed by atoms with E-state index in [1.165, 1.54) is 6.42 Å². The number of aromatic nitrogens is 3. The van der Waals surface area contributed by atoms with Gasteiger partial charge >= 0.3 is 0 Å². The van der Waals surface area contributed by atoms with Crippen LogP contribution in [-0.4, -0.2) is 52.8 Å². The van der Waals surface area contributed by atoms with Gasteiger partial charge in [0.1, 0.15) is 0 Å². The Hall–Kier alpha value is -1.63. The number of hydrogen-bond donors (Lipinski definition) is 2. The van der Waals surface area contributed by atoms with Crippen molar-refractivity contribution >= 4 is 17.8 Å². The van der Waals surface area contributed by atoms with Crippen LogP contribution >= 0.6 is 0 Å². The minimum absolute atomic E-state index is 0.0428. The summed E-state index contributed by atoms with van der Waals surface area (Å²) in [5.41, 5.74) is 5.77. The molecule has 1 fully saturated rings. The first kappa shape index (κ1) is 13.8. The molecule has 0 radical (unpaired) electrons. The largest absolute Gasteiger partial charge is 0.394 e. The van der Waals surface area contributed by atoms with Crippen LogP contribution in [0.25, 0.3) is 0 Å². The maximum absolute atomic E-state index is 9.20. The van der Waals surface area contributed by atoms with Crippen LogP contribution in [0.1, 0.15) is 26.2 Å². The molecule has 1 aromatic heterocycles. The molecule has 19 heavy (non-hydrogen) atoms. The quantitative estimate of drug-likeness (QED) is 0.807. The van der Waals surface area contributed by atoms with Crippen LogP contribution in [0.15, 0.2) is 0 Å². The molecule has 106 valence electrons. The Labute approximate surface area is 113 Å². The van der Waals surface area contributed by atoms with Crippen molar-refractivity contribution in [3.05, 3.63) is 0 Å². The zero-order valence-electron chi connectivity index (χ0n) is 11.6. The number of piperidine rings is 1. The molecule has 2 heterocycles. The number of nitrogen functional groups attached to an aromatic ring is 1. The van der Waals surface area contributed by atoms with Gasteiger partial charge < -0.3 is 20.6 Å². The molecule has 0 aliphatic carbocycles. The van der Waals surface area contributed by atoms with Crippen LogP contribution in [0.4, 0.5) is 17.8 Å². The van der Waals surface area contributed by atoms with Crippen molar-refractivity contribution < 1.29 is 5.11 Å². The Morgan fingerprint density at radius 3 is 2.58 bits per heavy atom. The lowest BCUT2D eigenvalue weighted by molar-refractivity contribution is 0.269. The van der Waals surface area contributed by atoms with Gasteiger partial charge in [-0.1, -0.05) is 0 Å². The first-order valence-corrected chi connectivity index (χ1v) is 6.72. The fraction of sp³-hybridized carbons (Fsp3) is 0.750. The van der Waals surface area contributed by atoms with E-state index in [4.69, 9.17) is 5.73 Å². The lowest BCUT2D eigenvalue weighted by atomic mass is 10.1. The van der Waals surface area contributed by atoms with E-state index in [0.29, 0.717) is 11.9 Å². The smallest absolute Gasteiger partial charge is 0.232 e. The third-order valence-electron chi connectivity index (χ3n) is 3.51. The summed E-state index contributed by atoms with van der Waals surface area (Å²) >= 11 is 0. The third kappa shape index (κ3) is 3.23. The van der Waals surface area contributed by atoms with Gasteiger partial charge in [0.2, 0.25) is 17.8 Å². The average Bonchev–Trinajstić information content (AvgIpc) is 2.46. The molecule has 7 nitrogen and oxygen atoms in total. The number of anilines is 3. The second-order valence-electron chi connectivity index (χ2n) is 4.98. The number of nitrogens with zero attached hydrogens (tertiary/aromatic N) is 5. The molecular weight excluding hydrogens is 244 g/mol. The molecule has 2 rings (SSSR count). The van der Waals surface area contributed by atoms with Crippen LogP contribution in [0.3, 0.4) is 0 Å². The van der Waals surface area contributed by atoms with Gasteiger partial charge in [0, 0.05) is 20.1 Å². The predicted molar refractivity (Wildman–Crippen MR) is 75.3 cm³/mol. The standard InChI is InChI=1S/C12H22N6O/c1-9(8-19)17(2)11-14-10(13)15-12(16-11)18-6-4-3-5-7-18/h9,19H,3-8H2,1-2H3,(H2,13,14,15,16). The Morgan fingerprint density at radius 2 is 1.95 bits per heavy atom. The van der Waals surface area contributed by atoms with Gasteiger partial charge in [-0.2, -0.15) is 15.0 Å². The molecule has 7 heteroatoms. The third-order valence-corrected chi connectivity index (χ3v) is 3.51. The first-order chi connectivity index (χ1) is 9.11. The lowest BCUT2D eigenvalue weighted by Crippen LogP contribution is -2.35. The SMILES string of the molecule is CC(CO)N(C)c1nc(N)nc(N2CCCCC2)n1. The molecule has 1 aromatic rings. The van der Waals surface area contributed by atoms with Crippen molar-refractivity contribution in [1.29, 1.82) is 0 Å². The second-order valence-corrected chi connectivity index (χ2v) is 4.98. The summed E-state index contributed by atoms with van der Waals surface area (Å²) in [6.45, 7) is 3.87. The summed E-state index contributed by atoms with van der Waals surface area (Å²) in [6, 6.07) is -0.0593. The monoisotopic (exact) mass is 266 g/mol. The number of hydrogen-bond acceptors (Lipinski definition) is 7. The second kappa shape index (κ2) is 6.01. The van der Waals surface area contributed by atoms with Crippen molar-refractivity contribution in [3.8, 4) is 0 Å². The van der Waals surface area contributed by atoms with Crippen LogP contribution in [0.2, 0.25) is 0 Å². The summed E-state index contributed by atoms with van der Waals surface area (Å²) in [4.78, 5) is 16.8. The number of likely N-dealkylation sites (N-methyl/N-ethyl adjacent to an activating group) is 1. The Bertz CT molecular complexity index is 400. The molecule has 1 aliphatic rings. The molecule has 1 unspecified atom stereocenters. The van der Waals surface area contributed by atoms with Gasteiger partial charge in [0.05, 0.1) is 12.6 Å². The van der Waals surface area contributed by atoms with Gasteiger partial charge in [-0.05, 0) is 26.2 Å². The Morgan fingerprint density at radius 1 is 1.26 bits per heavy atom. The molecule has 0 aromatic carbocycles. The van der Waals surface area contributed by atoms with Crippen LogP contribution in [-0.2, 0) is 0 Å². The zero-order valence-corrected chi connectivity index (χ0v) is 11.6. The Kier molecular flexibility index (Phi) is 4.36. The maximum Gasteiger partial charge on any atom is 0.232 e. The lowest BCUT2D eigenvalue weighted by Gasteiger charge is -2.28. The fourth-order valence-corrected chi connectivity index (χ4v) is 2.08. The van der Waals surface area contributed by atoms with E-state index in [1.807, 2.05) is 18.9 Å². The molecule has 1 saturated heterocycles. The summed E-state index contributed by atoms with van der Waals surface area (Å²) in [6.07, 6.45) is 3.57. The summed E-state index contributed by atoms with van der Waals surface area (Å²) in [7, 11) is 1.84. The molecule has 1 atom stereocenters. The topological polar surface area (TPSA) is 91.4 Å². The highest BCUT2D eigenvalue weighted by Gasteiger charge is 2.18. The van der Waals surface area contributed by atoms with Crippen molar-refractivity contribution in [2.75, 3.05) is 42.3 Å². The van der Waals surface area contributed by atoms with Gasteiger partial charge in [0.25, 0.3) is 0 Å². The predicted octanol–water partition coefficient (Wildman–Crippen LogP) is 0.261. The molecule has 0 bridgehead atoms. The molecular formula is C12H22N6O. The highest BCUT2D eigenvalue weighted by Crippen LogP contribution is 2.19. The maximum atomic E-state index is 9.20. The van der Waals surface area contributed by atoms with Crippen molar-refractivity contribution in [2.45, 2.75) is 32.2 Å². The summed E-state index contributed by atoms with van der Waals surface area (Å²) in [5, 5.41) is 9.20. The van der Waals surface area contributed by atoms with Crippen molar-refractivity contribution in [3.63, 3.8) is 0 Å². The van der Waals surface area contributed by atoms with Crippen LogP contribution < -0.4 is 15.5 Å². The highest BCUT2D eigenvalue weighted by molar-refractivity contribution is 5.43. The molecule has 0 amide bonds. The normalized spacial score (nSPS) is 17.3. The van der Waals surface area contributed by atoms with E-state index >= 15 is 0 Å². The van der Waals surface area contributed by atoms with Gasteiger partial charge in [0.15, 0.2) is 0 Å². The van der Waals surface area contributed by atoms with E-state index < -0.39 is 0 Å². The van der Waals surface area contributed by atoms with E-state index in [1.54, 1.807) is 0 Å². The number of nitrogens with two attached hydrogens (primary N) is 1. The first-order valence-electron chi connectivity index (χ1n) is 6.72. The van der Waals surface area contributed by atoms with Gasteiger partial charge in [-0.15, -0.1) is 0 Å². The number of rotatable bonds is 4. The minimum atomic E-state index is -0.0593. The molecule has 0 saturated carbocycles. The average molecular weight is 266 g/mol. The van der Waals surface area contributed by atoms with Crippen molar-refractivity contribution in [1.82, 2.24) is 15.0 Å². The summed E-state index contributed by atoms with van der Waals surface area (Å²) in [5.74, 6) is 1.37. The number of aliphatic hydroxyl groups excluding tert-OH is 1. The van der Waals surface area contributed by atoms with E-state index in [9.17, 15) is 5.11 Å². The highest BCUT2D eigenvalue weighted by atomic mass is 16.3. The zero-order chi connectivity index (χ0) is 13.8. The van der Waals surface area contributed by atoms with E-state index in [-0.39, 0.29) is 18.6 Å². The van der Waals surface area contributed by atoms with Gasteiger partial charge in [-0.25, -0.2) is 0 Å². The van der Waals surface area contributed by atoms with E-state index in [0.717, 1.165) is 25.9 Å². The molecule has 0 spiro atoms. The molecule has 3 N–H and O–H groups in total. The van der Waals surface area contributed by atoms with E-state index in [2.05, 4.69) is 19.9 Å². The Balaban J connectivity index is 2.23. The molecule has 1 aliphatic heterocycles.